The minimum Gasteiger partial charge on any atom is -0.478 e. The largest absolute Gasteiger partial charge is 0.478 e. The summed E-state index contributed by atoms with van der Waals surface area (Å²) in [7, 11) is -5.71. The molecule has 2 rings (SSSR count). The van der Waals surface area contributed by atoms with Crippen LogP contribution in [0.2, 0.25) is 0 Å². The zero-order chi connectivity index (χ0) is 16.7. The van der Waals surface area contributed by atoms with Crippen molar-refractivity contribution in [2.45, 2.75) is 21.2 Å². The molecule has 1 N–H and O–H groups in total. The van der Waals surface area contributed by atoms with Crippen LogP contribution in [0.4, 0.5) is 24.8 Å². The third kappa shape index (κ3) is 4.07. The maximum Gasteiger partial charge on any atom is 0.405 e. The smallest absolute Gasteiger partial charge is 0.405 e. The Morgan fingerprint density at radius 1 is 1.27 bits per heavy atom. The number of aliphatic carboxylic acids is 1. The molecule has 0 saturated heterocycles. The van der Waals surface area contributed by atoms with E-state index in [0.717, 1.165) is 24.3 Å². The van der Waals surface area contributed by atoms with Crippen LogP contribution in [0.25, 0.3) is 6.08 Å². The Labute approximate surface area is 130 Å². The molecule has 122 valence electrons. The van der Waals surface area contributed by atoms with Gasteiger partial charge in [-0.15, -0.1) is 23.4 Å². The SMILES string of the molecule is O=C(O)C1=Cc2cc(SS(F)(F)F)ccc2SC1C(F)(F)F. The van der Waals surface area contributed by atoms with Crippen LogP contribution >= 0.6 is 32.8 Å². The van der Waals surface area contributed by atoms with E-state index in [0.29, 0.717) is 0 Å². The van der Waals surface area contributed by atoms with Gasteiger partial charge in [0.25, 0.3) is 10.2 Å². The van der Waals surface area contributed by atoms with Crippen LogP contribution < -0.4 is 0 Å². The number of halogens is 6. The number of carboxylic acid groups (broad SMARTS) is 1. The van der Waals surface area contributed by atoms with Gasteiger partial charge in [-0.25, -0.2) is 4.79 Å². The van der Waals surface area contributed by atoms with Crippen molar-refractivity contribution in [2.24, 2.45) is 0 Å². The van der Waals surface area contributed by atoms with E-state index < -0.39 is 33.2 Å². The predicted molar refractivity (Wildman–Crippen MR) is 74.5 cm³/mol. The van der Waals surface area contributed by atoms with Gasteiger partial charge in [-0.05, 0) is 29.8 Å². The maximum atomic E-state index is 12.9. The lowest BCUT2D eigenvalue weighted by atomic mass is 10.1. The van der Waals surface area contributed by atoms with Gasteiger partial charge in [-0.2, -0.15) is 13.2 Å². The standard InChI is InChI=1S/C11H6F6O2S3/c12-11(13,14)9-7(10(18)19)4-5-3-6(21-22(15,16)17)1-2-8(5)20-9/h1-4,9H,(H,18,19). The summed E-state index contributed by atoms with van der Waals surface area (Å²) in [6.45, 7) is 0. The summed E-state index contributed by atoms with van der Waals surface area (Å²) in [4.78, 5) is 10.9. The fourth-order valence-corrected chi connectivity index (χ4v) is 4.32. The molecule has 11 heteroatoms. The number of thioether (sulfide) groups is 1. The van der Waals surface area contributed by atoms with Crippen LogP contribution in [0, 0.1) is 0 Å². The lowest BCUT2D eigenvalue weighted by molar-refractivity contribution is -0.140. The first-order valence-corrected chi connectivity index (χ1v) is 8.96. The van der Waals surface area contributed by atoms with E-state index in [1.165, 1.54) is 0 Å². The van der Waals surface area contributed by atoms with Crippen LogP contribution in [0.1, 0.15) is 5.56 Å². The van der Waals surface area contributed by atoms with Crippen LogP contribution in [0.15, 0.2) is 33.6 Å². The minimum atomic E-state index is -5.37. The van der Waals surface area contributed by atoms with E-state index in [1.807, 2.05) is 0 Å². The Morgan fingerprint density at radius 3 is 2.41 bits per heavy atom. The molecule has 0 spiro atoms. The third-order valence-corrected chi connectivity index (χ3v) is 5.72. The second kappa shape index (κ2) is 5.93. The van der Waals surface area contributed by atoms with Crippen molar-refractivity contribution in [2.75, 3.05) is 0 Å². The number of carboxylic acids is 1. The summed E-state index contributed by atoms with van der Waals surface area (Å²) >= 11 is 0.269. The molecule has 22 heavy (non-hydrogen) atoms. The highest BCUT2D eigenvalue weighted by Gasteiger charge is 2.46. The average Bonchev–Trinajstić information content (AvgIpc) is 2.33. The highest BCUT2D eigenvalue weighted by molar-refractivity contribution is 8.87. The summed E-state index contributed by atoms with van der Waals surface area (Å²) < 4.78 is 75.8. The zero-order valence-electron chi connectivity index (χ0n) is 10.2. The molecule has 0 aliphatic carbocycles. The molecule has 1 aromatic rings. The van der Waals surface area contributed by atoms with Gasteiger partial charge in [0.2, 0.25) is 0 Å². The molecule has 0 radical (unpaired) electrons. The number of benzene rings is 1. The Kier molecular flexibility index (Phi) is 4.69. The molecule has 0 aromatic heterocycles. The lowest BCUT2D eigenvalue weighted by Gasteiger charge is -2.25. The summed E-state index contributed by atoms with van der Waals surface area (Å²) in [6.07, 6.45) is -3.99. The Balaban J connectivity index is 2.43. The minimum absolute atomic E-state index is 0.0385. The number of fused-ring (bicyclic) bond motifs is 1. The number of alkyl halides is 3. The number of hydrogen-bond acceptors (Lipinski definition) is 3. The Morgan fingerprint density at radius 2 is 1.91 bits per heavy atom. The molecule has 1 atom stereocenters. The third-order valence-electron chi connectivity index (χ3n) is 2.55. The molecule has 0 fully saturated rings. The molecular weight excluding hydrogens is 374 g/mol. The van der Waals surface area contributed by atoms with Crippen molar-refractivity contribution >= 4 is 44.8 Å². The lowest BCUT2D eigenvalue weighted by Crippen LogP contribution is -2.32. The van der Waals surface area contributed by atoms with Crippen molar-refractivity contribution in [1.82, 2.24) is 0 Å². The van der Waals surface area contributed by atoms with Gasteiger partial charge >= 0.3 is 12.1 Å². The van der Waals surface area contributed by atoms with Gasteiger partial charge in [-0.3, -0.25) is 0 Å². The fourth-order valence-electron chi connectivity index (χ4n) is 1.76. The van der Waals surface area contributed by atoms with E-state index in [9.17, 15) is 29.6 Å². The van der Waals surface area contributed by atoms with Crippen LogP contribution in [0.5, 0.6) is 0 Å². The summed E-state index contributed by atoms with van der Waals surface area (Å²) in [5.41, 5.74) is -0.858. The first-order valence-electron chi connectivity index (χ1n) is 5.41. The fraction of sp³-hybridized carbons (Fsp3) is 0.182. The second-order valence-corrected chi connectivity index (χ2v) is 8.24. The number of carbonyl (C=O) groups is 1. The topological polar surface area (TPSA) is 37.3 Å². The normalized spacial score (nSPS) is 19.4. The van der Waals surface area contributed by atoms with Crippen LogP contribution in [0.3, 0.4) is 0 Å². The van der Waals surface area contributed by atoms with E-state index in [4.69, 9.17) is 5.11 Å². The Bertz CT molecular complexity index is 638. The molecule has 0 saturated carbocycles. The first kappa shape index (κ1) is 17.4. The summed E-state index contributed by atoms with van der Waals surface area (Å²) in [5.74, 6) is -1.75. The highest BCUT2D eigenvalue weighted by atomic mass is 33.2. The van der Waals surface area contributed by atoms with E-state index in [2.05, 4.69) is 0 Å². The predicted octanol–water partition coefficient (Wildman–Crippen LogP) is 5.66. The molecule has 1 heterocycles. The molecular formula is C11H6F6O2S3. The van der Waals surface area contributed by atoms with E-state index >= 15 is 0 Å². The van der Waals surface area contributed by atoms with Gasteiger partial charge < -0.3 is 5.11 Å². The first-order chi connectivity index (χ1) is 9.97. The van der Waals surface area contributed by atoms with Crippen molar-refractivity contribution < 1.29 is 34.7 Å². The monoisotopic (exact) mass is 380 g/mol. The van der Waals surface area contributed by atoms with Crippen molar-refractivity contribution in [3.05, 3.63) is 29.3 Å². The van der Waals surface area contributed by atoms with Gasteiger partial charge in [0.15, 0.2) is 0 Å². The van der Waals surface area contributed by atoms with Crippen LogP contribution in [-0.2, 0) is 4.79 Å². The molecule has 0 bridgehead atoms. The van der Waals surface area contributed by atoms with Gasteiger partial charge in [0.05, 0.1) is 5.57 Å². The molecule has 1 unspecified atom stereocenters. The highest BCUT2D eigenvalue weighted by Crippen LogP contribution is 2.67. The average molecular weight is 380 g/mol. The van der Waals surface area contributed by atoms with Crippen LogP contribution in [-0.4, -0.2) is 22.5 Å². The van der Waals surface area contributed by atoms with Gasteiger partial charge in [0, 0.05) is 20.6 Å². The molecule has 1 aromatic carbocycles. The van der Waals surface area contributed by atoms with E-state index in [1.54, 1.807) is 0 Å². The van der Waals surface area contributed by atoms with Gasteiger partial charge in [0.1, 0.15) is 5.25 Å². The molecule has 2 nitrogen and oxygen atoms in total. The Hall–Kier alpha value is -0.940. The second-order valence-electron chi connectivity index (χ2n) is 4.09. The van der Waals surface area contributed by atoms with E-state index in [-0.39, 0.29) is 37.9 Å². The maximum absolute atomic E-state index is 12.9. The van der Waals surface area contributed by atoms with Crippen molar-refractivity contribution in [3.63, 3.8) is 0 Å². The number of rotatable bonds is 3. The molecule has 1 aliphatic heterocycles. The zero-order valence-corrected chi connectivity index (χ0v) is 12.7. The quantitative estimate of drug-likeness (QED) is 0.543. The summed E-state index contributed by atoms with van der Waals surface area (Å²) in [6, 6.07) is 3.26. The molecule has 0 amide bonds. The van der Waals surface area contributed by atoms with Crippen molar-refractivity contribution in [1.29, 1.82) is 0 Å². The van der Waals surface area contributed by atoms with Crippen molar-refractivity contribution in [3.8, 4) is 0 Å². The summed E-state index contributed by atoms with van der Waals surface area (Å²) in [5, 5.41) is 6.64. The molecule has 1 aliphatic rings. The van der Waals surface area contributed by atoms with Gasteiger partial charge in [-0.1, -0.05) is 0 Å². The number of hydrogen-bond donors (Lipinski definition) is 1.